The van der Waals surface area contributed by atoms with E-state index in [2.05, 4.69) is 60.3 Å². The largest absolute Gasteiger partial charge is 0.381 e. The lowest BCUT2D eigenvalue weighted by Gasteiger charge is -2.24. The molecule has 0 bridgehead atoms. The summed E-state index contributed by atoms with van der Waals surface area (Å²) in [5.41, 5.74) is 4.85. The van der Waals surface area contributed by atoms with Gasteiger partial charge in [0.15, 0.2) is 0 Å². The summed E-state index contributed by atoms with van der Waals surface area (Å²) in [5.74, 6) is 3.88. The molecule has 1 N–H and O–H groups in total. The molecule has 1 aliphatic rings. The lowest BCUT2D eigenvalue weighted by Crippen LogP contribution is -2.12. The highest BCUT2D eigenvalue weighted by Crippen LogP contribution is 2.29. The summed E-state index contributed by atoms with van der Waals surface area (Å²) in [6.07, 6.45) is 9.68. The Labute approximate surface area is 253 Å². The summed E-state index contributed by atoms with van der Waals surface area (Å²) in [6, 6.07) is 24.5. The molecule has 0 spiro atoms. The summed E-state index contributed by atoms with van der Waals surface area (Å²) in [4.78, 5) is 10.8. The van der Waals surface area contributed by atoms with Gasteiger partial charge < -0.3 is 10.2 Å². The van der Waals surface area contributed by atoms with Gasteiger partial charge in [-0.15, -0.1) is 0 Å². The van der Waals surface area contributed by atoms with Crippen LogP contribution < -0.4 is 10.2 Å². The second-order valence-corrected chi connectivity index (χ2v) is 11.9. The molecule has 4 aromatic rings. The third-order valence-electron chi connectivity index (χ3n) is 7.78. The molecular formula is C36H49ClN4. The van der Waals surface area contributed by atoms with Gasteiger partial charge in [0.2, 0.25) is 0 Å². The highest BCUT2D eigenvalue weighted by atomic mass is 35.5. The van der Waals surface area contributed by atoms with Crippen molar-refractivity contribution in [3.05, 3.63) is 94.8 Å². The summed E-state index contributed by atoms with van der Waals surface area (Å²) >= 11 is 5.97. The van der Waals surface area contributed by atoms with Crippen LogP contribution in [0.3, 0.4) is 0 Å². The fourth-order valence-corrected chi connectivity index (χ4v) is 5.48. The maximum absolute atomic E-state index is 5.97. The lowest BCUT2D eigenvalue weighted by atomic mass is 9.82. The fourth-order valence-electron chi connectivity index (χ4n) is 5.29. The Morgan fingerprint density at radius 3 is 2.20 bits per heavy atom. The van der Waals surface area contributed by atoms with Crippen molar-refractivity contribution in [1.82, 2.24) is 9.97 Å². The molecule has 3 aromatic carbocycles. The average Bonchev–Trinajstić information content (AvgIpc) is 2.97. The van der Waals surface area contributed by atoms with E-state index in [-0.39, 0.29) is 0 Å². The number of halogens is 1. The molecule has 0 radical (unpaired) electrons. The van der Waals surface area contributed by atoms with Crippen molar-refractivity contribution in [2.75, 3.05) is 24.3 Å². The molecule has 220 valence electrons. The zero-order valence-electron chi connectivity index (χ0n) is 26.0. The number of anilines is 2. The molecular weight excluding hydrogens is 524 g/mol. The lowest BCUT2D eigenvalue weighted by molar-refractivity contribution is 0.284. The molecule has 0 amide bonds. The van der Waals surface area contributed by atoms with Crippen LogP contribution in [0, 0.1) is 18.8 Å². The first-order valence-corrected chi connectivity index (χ1v) is 15.6. The number of aromatic nitrogens is 2. The molecule has 0 atom stereocenters. The standard InChI is InChI=1S/C16H18ClN.C11H13N3.C9H18/c1-2-6-13-7-3-4-8-14(13)12-18-16-10-5-9-15(17)11-16;1-8-12-10-7-5-4-6-9(10)11(13-8)14(2)3;1-3-9-6-4-8(2)5-7-9/h3-5,7-11,18H,2,6,12H2,1H3;4-7H,1-3H3;8-9H,3-7H2,1-2H3. The molecule has 5 rings (SSSR count). The van der Waals surface area contributed by atoms with Crippen molar-refractivity contribution in [2.24, 2.45) is 11.8 Å². The number of nitrogens with one attached hydrogen (secondary N) is 1. The van der Waals surface area contributed by atoms with Crippen LogP contribution in [0.25, 0.3) is 10.9 Å². The van der Waals surface area contributed by atoms with Gasteiger partial charge in [0, 0.05) is 36.7 Å². The van der Waals surface area contributed by atoms with Crippen molar-refractivity contribution in [3.63, 3.8) is 0 Å². The number of para-hydroxylation sites is 1. The monoisotopic (exact) mass is 572 g/mol. The Kier molecular flexibility index (Phi) is 13.4. The highest BCUT2D eigenvalue weighted by molar-refractivity contribution is 6.30. The minimum Gasteiger partial charge on any atom is -0.381 e. The van der Waals surface area contributed by atoms with Crippen LogP contribution in [-0.4, -0.2) is 24.1 Å². The summed E-state index contributed by atoms with van der Waals surface area (Å²) in [6.45, 7) is 9.67. The van der Waals surface area contributed by atoms with Crippen molar-refractivity contribution >= 4 is 34.0 Å². The second-order valence-electron chi connectivity index (χ2n) is 11.4. The minimum atomic E-state index is 0.766. The van der Waals surface area contributed by atoms with Crippen LogP contribution in [-0.2, 0) is 13.0 Å². The van der Waals surface area contributed by atoms with Crippen LogP contribution in [0.4, 0.5) is 11.5 Å². The van der Waals surface area contributed by atoms with Gasteiger partial charge in [-0.3, -0.25) is 0 Å². The van der Waals surface area contributed by atoms with Crippen LogP contribution in [0.5, 0.6) is 0 Å². The maximum atomic E-state index is 5.97. The van der Waals surface area contributed by atoms with Gasteiger partial charge in [0.1, 0.15) is 11.6 Å². The van der Waals surface area contributed by atoms with E-state index in [1.165, 1.54) is 49.7 Å². The first-order valence-electron chi connectivity index (χ1n) is 15.3. The predicted octanol–water partition coefficient (Wildman–Crippen LogP) is 10.1. The van der Waals surface area contributed by atoms with Crippen molar-refractivity contribution in [1.29, 1.82) is 0 Å². The Balaban J connectivity index is 0.000000179. The van der Waals surface area contributed by atoms with Crippen LogP contribution in [0.15, 0.2) is 72.8 Å². The molecule has 0 saturated heterocycles. The summed E-state index contributed by atoms with van der Waals surface area (Å²) in [7, 11) is 3.99. The molecule has 5 heteroatoms. The van der Waals surface area contributed by atoms with E-state index in [1.807, 2.05) is 74.4 Å². The zero-order chi connectivity index (χ0) is 29.6. The number of aryl methyl sites for hydroxylation is 2. The highest BCUT2D eigenvalue weighted by Gasteiger charge is 2.15. The van der Waals surface area contributed by atoms with Crippen LogP contribution in [0.2, 0.25) is 5.02 Å². The fraction of sp³-hybridized carbons (Fsp3) is 0.444. The van der Waals surface area contributed by atoms with Crippen molar-refractivity contribution in [2.45, 2.75) is 79.2 Å². The molecule has 0 unspecified atom stereocenters. The Morgan fingerprint density at radius 2 is 1.54 bits per heavy atom. The Morgan fingerprint density at radius 1 is 0.854 bits per heavy atom. The Hall–Kier alpha value is -3.11. The first kappa shape index (κ1) is 32.4. The molecule has 1 aromatic heterocycles. The average molecular weight is 573 g/mol. The van der Waals surface area contributed by atoms with E-state index in [0.717, 1.165) is 58.1 Å². The number of fused-ring (bicyclic) bond motifs is 1. The van der Waals surface area contributed by atoms with E-state index in [1.54, 1.807) is 0 Å². The number of benzene rings is 3. The van der Waals surface area contributed by atoms with E-state index < -0.39 is 0 Å². The SMILES string of the molecule is CCC1CCC(C)CC1.CCCc1ccccc1CNc1cccc(Cl)c1.Cc1nc(N(C)C)c2ccccc2n1. The van der Waals surface area contributed by atoms with Gasteiger partial charge in [-0.2, -0.15) is 0 Å². The summed E-state index contributed by atoms with van der Waals surface area (Å²) < 4.78 is 0. The topological polar surface area (TPSA) is 41.1 Å². The third-order valence-corrected chi connectivity index (χ3v) is 8.01. The van der Waals surface area contributed by atoms with E-state index in [4.69, 9.17) is 11.6 Å². The van der Waals surface area contributed by atoms with Gasteiger partial charge in [-0.25, -0.2) is 9.97 Å². The van der Waals surface area contributed by atoms with Gasteiger partial charge in [-0.05, 0) is 66.6 Å². The first-order chi connectivity index (χ1) is 19.8. The molecule has 41 heavy (non-hydrogen) atoms. The minimum absolute atomic E-state index is 0.766. The molecule has 4 nitrogen and oxygen atoms in total. The Bertz CT molecular complexity index is 1330. The molecule has 1 aliphatic carbocycles. The van der Waals surface area contributed by atoms with E-state index in [9.17, 15) is 0 Å². The van der Waals surface area contributed by atoms with E-state index in [0.29, 0.717) is 0 Å². The van der Waals surface area contributed by atoms with E-state index >= 15 is 0 Å². The third kappa shape index (κ3) is 10.7. The maximum Gasteiger partial charge on any atom is 0.139 e. The molecule has 1 fully saturated rings. The van der Waals surface area contributed by atoms with Crippen LogP contribution in [0.1, 0.15) is 76.2 Å². The second kappa shape index (κ2) is 17.0. The number of nitrogens with zero attached hydrogens (tertiary/aromatic N) is 3. The molecule has 1 heterocycles. The van der Waals surface area contributed by atoms with Gasteiger partial charge in [-0.1, -0.05) is 113 Å². The van der Waals surface area contributed by atoms with Gasteiger partial charge >= 0.3 is 0 Å². The van der Waals surface area contributed by atoms with Crippen LogP contribution >= 0.6 is 11.6 Å². The van der Waals surface area contributed by atoms with Gasteiger partial charge in [0.05, 0.1) is 5.52 Å². The predicted molar refractivity (Wildman–Crippen MR) is 179 cm³/mol. The van der Waals surface area contributed by atoms with Crippen molar-refractivity contribution in [3.8, 4) is 0 Å². The number of hydrogen-bond donors (Lipinski definition) is 1. The summed E-state index contributed by atoms with van der Waals surface area (Å²) in [5, 5.41) is 5.28. The number of rotatable bonds is 7. The molecule has 0 aliphatic heterocycles. The normalized spacial score (nSPS) is 16.2. The molecule has 1 saturated carbocycles. The zero-order valence-corrected chi connectivity index (χ0v) is 26.7. The number of hydrogen-bond acceptors (Lipinski definition) is 4. The quantitative estimate of drug-likeness (QED) is 0.239. The van der Waals surface area contributed by atoms with Crippen molar-refractivity contribution < 1.29 is 0 Å². The van der Waals surface area contributed by atoms with Gasteiger partial charge in [0.25, 0.3) is 0 Å². The smallest absolute Gasteiger partial charge is 0.139 e.